The Morgan fingerprint density at radius 3 is 2.28 bits per heavy atom. The summed E-state index contributed by atoms with van der Waals surface area (Å²) in [6.07, 6.45) is -0.927. The molecule has 0 aromatic carbocycles. The van der Waals surface area contributed by atoms with E-state index in [4.69, 9.17) is 10.4 Å². The first-order valence-corrected chi connectivity index (χ1v) is 5.87. The molecule has 0 aliphatic carbocycles. The fourth-order valence-electron chi connectivity index (χ4n) is 1.51. The minimum absolute atomic E-state index is 0.0253. The average Bonchev–Trinajstić information content (AvgIpc) is 2.24. The van der Waals surface area contributed by atoms with E-state index in [2.05, 4.69) is 5.32 Å². The number of aliphatic hydroxyl groups is 1. The van der Waals surface area contributed by atoms with E-state index in [1.807, 2.05) is 19.9 Å². The SMILES string of the molecule is CC(C)C[C@H](O)C(=O)N[C@@H](C(=O)O)[C@@H](C)CC#N. The molecule has 3 atom stereocenters. The molecule has 6 nitrogen and oxygen atoms in total. The summed E-state index contributed by atoms with van der Waals surface area (Å²) in [6, 6.07) is 0.707. The van der Waals surface area contributed by atoms with Crippen LogP contribution in [0.25, 0.3) is 0 Å². The van der Waals surface area contributed by atoms with Gasteiger partial charge in [0.15, 0.2) is 0 Å². The van der Waals surface area contributed by atoms with Crippen molar-refractivity contribution in [1.82, 2.24) is 5.32 Å². The van der Waals surface area contributed by atoms with E-state index in [0.717, 1.165) is 0 Å². The average molecular weight is 256 g/mol. The van der Waals surface area contributed by atoms with Crippen molar-refractivity contribution in [3.8, 4) is 6.07 Å². The highest BCUT2D eigenvalue weighted by Crippen LogP contribution is 2.10. The summed E-state index contributed by atoms with van der Waals surface area (Å²) in [7, 11) is 0. The molecule has 0 aromatic heterocycles. The van der Waals surface area contributed by atoms with Crippen molar-refractivity contribution >= 4 is 11.9 Å². The fraction of sp³-hybridized carbons (Fsp3) is 0.750. The molecule has 0 aliphatic heterocycles. The zero-order valence-corrected chi connectivity index (χ0v) is 10.9. The second kappa shape index (κ2) is 7.67. The van der Waals surface area contributed by atoms with Crippen LogP contribution in [0.5, 0.6) is 0 Å². The lowest BCUT2D eigenvalue weighted by atomic mass is 9.98. The summed E-state index contributed by atoms with van der Waals surface area (Å²) < 4.78 is 0. The van der Waals surface area contributed by atoms with Gasteiger partial charge in [-0.3, -0.25) is 4.79 Å². The van der Waals surface area contributed by atoms with Crippen LogP contribution in [0.15, 0.2) is 0 Å². The van der Waals surface area contributed by atoms with E-state index >= 15 is 0 Å². The van der Waals surface area contributed by atoms with Crippen LogP contribution in [-0.4, -0.2) is 34.2 Å². The second-order valence-corrected chi connectivity index (χ2v) is 4.81. The Morgan fingerprint density at radius 2 is 1.89 bits per heavy atom. The number of amides is 1. The molecule has 0 bridgehead atoms. The van der Waals surface area contributed by atoms with Gasteiger partial charge >= 0.3 is 5.97 Å². The lowest BCUT2D eigenvalue weighted by Gasteiger charge is -2.21. The molecule has 102 valence electrons. The topological polar surface area (TPSA) is 110 Å². The summed E-state index contributed by atoms with van der Waals surface area (Å²) in [5.74, 6) is -2.29. The molecule has 1 amide bonds. The number of nitriles is 1. The van der Waals surface area contributed by atoms with Gasteiger partial charge in [-0.05, 0) is 12.3 Å². The van der Waals surface area contributed by atoms with E-state index in [1.165, 1.54) is 0 Å². The number of rotatable bonds is 7. The quantitative estimate of drug-likeness (QED) is 0.614. The summed E-state index contributed by atoms with van der Waals surface area (Å²) in [6.45, 7) is 5.27. The predicted molar refractivity (Wildman–Crippen MR) is 64.4 cm³/mol. The third-order valence-electron chi connectivity index (χ3n) is 2.54. The highest BCUT2D eigenvalue weighted by Gasteiger charge is 2.28. The largest absolute Gasteiger partial charge is 0.480 e. The van der Waals surface area contributed by atoms with Crippen molar-refractivity contribution in [2.75, 3.05) is 0 Å². The molecule has 0 saturated carbocycles. The maximum Gasteiger partial charge on any atom is 0.326 e. The fourth-order valence-corrected chi connectivity index (χ4v) is 1.51. The Hall–Kier alpha value is -1.61. The summed E-state index contributed by atoms with van der Waals surface area (Å²) in [4.78, 5) is 22.6. The van der Waals surface area contributed by atoms with Crippen molar-refractivity contribution in [3.63, 3.8) is 0 Å². The first-order valence-electron chi connectivity index (χ1n) is 5.87. The summed E-state index contributed by atoms with van der Waals surface area (Å²) in [5.41, 5.74) is 0. The van der Waals surface area contributed by atoms with Gasteiger partial charge in [0.05, 0.1) is 6.07 Å². The maximum absolute atomic E-state index is 11.6. The number of hydrogen-bond donors (Lipinski definition) is 3. The van der Waals surface area contributed by atoms with Gasteiger partial charge in [0.2, 0.25) is 5.91 Å². The van der Waals surface area contributed by atoms with Gasteiger partial charge in [0.1, 0.15) is 12.1 Å². The second-order valence-electron chi connectivity index (χ2n) is 4.81. The number of nitrogens with zero attached hydrogens (tertiary/aromatic N) is 1. The summed E-state index contributed by atoms with van der Waals surface area (Å²) in [5, 5.41) is 29.3. The number of hydrogen-bond acceptors (Lipinski definition) is 4. The van der Waals surface area contributed by atoms with E-state index in [-0.39, 0.29) is 18.8 Å². The maximum atomic E-state index is 11.6. The van der Waals surface area contributed by atoms with Gasteiger partial charge in [0, 0.05) is 12.3 Å². The molecule has 0 saturated heterocycles. The van der Waals surface area contributed by atoms with Gasteiger partial charge in [0.25, 0.3) is 0 Å². The van der Waals surface area contributed by atoms with E-state index in [9.17, 15) is 14.7 Å². The monoisotopic (exact) mass is 256 g/mol. The number of aliphatic hydroxyl groups excluding tert-OH is 1. The molecule has 0 heterocycles. The molecule has 18 heavy (non-hydrogen) atoms. The molecular weight excluding hydrogens is 236 g/mol. The Bertz CT molecular complexity index is 335. The molecule has 0 rings (SSSR count). The molecule has 3 N–H and O–H groups in total. The van der Waals surface area contributed by atoms with Crippen LogP contribution in [0, 0.1) is 23.2 Å². The molecule has 0 aliphatic rings. The standard InChI is InChI=1S/C12H20N2O4/c1-7(2)6-9(15)11(16)14-10(12(17)18)8(3)4-5-13/h7-10,15H,4,6H2,1-3H3,(H,14,16)(H,17,18)/t8-,9-,10+/m0/s1. The van der Waals surface area contributed by atoms with Crippen LogP contribution in [0.2, 0.25) is 0 Å². The number of carboxylic acid groups (broad SMARTS) is 1. The first kappa shape index (κ1) is 16.4. The lowest BCUT2D eigenvalue weighted by Crippen LogP contribution is -2.49. The lowest BCUT2D eigenvalue weighted by molar-refractivity contribution is -0.145. The minimum atomic E-state index is -1.22. The molecule has 0 spiro atoms. The van der Waals surface area contributed by atoms with Gasteiger partial charge in [-0.1, -0.05) is 20.8 Å². The first-order chi connectivity index (χ1) is 8.29. The van der Waals surface area contributed by atoms with Gasteiger partial charge in [-0.15, -0.1) is 0 Å². The Labute approximate surface area is 107 Å². The van der Waals surface area contributed by atoms with Gasteiger partial charge in [-0.25, -0.2) is 4.79 Å². The number of aliphatic carboxylic acids is 1. The van der Waals surface area contributed by atoms with Crippen molar-refractivity contribution < 1.29 is 19.8 Å². The van der Waals surface area contributed by atoms with E-state index in [0.29, 0.717) is 0 Å². The van der Waals surface area contributed by atoms with E-state index < -0.39 is 29.9 Å². The molecule has 6 heteroatoms. The normalized spacial score (nSPS) is 15.6. The number of carbonyl (C=O) groups excluding carboxylic acids is 1. The molecule has 0 aromatic rings. The van der Waals surface area contributed by atoms with Crippen LogP contribution < -0.4 is 5.32 Å². The smallest absolute Gasteiger partial charge is 0.326 e. The van der Waals surface area contributed by atoms with E-state index in [1.54, 1.807) is 6.92 Å². The molecule has 0 unspecified atom stereocenters. The van der Waals surface area contributed by atoms with Gasteiger partial charge < -0.3 is 15.5 Å². The third kappa shape index (κ3) is 5.64. The van der Waals surface area contributed by atoms with Crippen LogP contribution in [-0.2, 0) is 9.59 Å². The Morgan fingerprint density at radius 1 is 1.33 bits per heavy atom. The predicted octanol–water partition coefficient (Wildman–Crippen LogP) is 0.513. The van der Waals surface area contributed by atoms with Crippen molar-refractivity contribution in [1.29, 1.82) is 5.26 Å². The highest BCUT2D eigenvalue weighted by atomic mass is 16.4. The zero-order chi connectivity index (χ0) is 14.3. The van der Waals surface area contributed by atoms with Crippen molar-refractivity contribution in [2.45, 2.75) is 45.8 Å². The van der Waals surface area contributed by atoms with Crippen LogP contribution in [0.4, 0.5) is 0 Å². The Balaban J connectivity index is 4.55. The van der Waals surface area contributed by atoms with Crippen LogP contribution in [0.3, 0.4) is 0 Å². The third-order valence-corrected chi connectivity index (χ3v) is 2.54. The number of nitrogens with one attached hydrogen (secondary N) is 1. The summed E-state index contributed by atoms with van der Waals surface area (Å²) >= 11 is 0. The molecule has 0 radical (unpaired) electrons. The highest BCUT2D eigenvalue weighted by molar-refractivity contribution is 5.86. The number of carbonyl (C=O) groups is 2. The van der Waals surface area contributed by atoms with Crippen molar-refractivity contribution in [3.05, 3.63) is 0 Å². The van der Waals surface area contributed by atoms with Crippen LogP contribution in [0.1, 0.15) is 33.6 Å². The Kier molecular flexibility index (Phi) is 6.98. The molecular formula is C12H20N2O4. The zero-order valence-electron chi connectivity index (χ0n) is 10.9. The van der Waals surface area contributed by atoms with Gasteiger partial charge in [-0.2, -0.15) is 5.26 Å². The minimum Gasteiger partial charge on any atom is -0.480 e. The number of carboxylic acids is 1. The van der Waals surface area contributed by atoms with Crippen molar-refractivity contribution in [2.24, 2.45) is 11.8 Å². The van der Waals surface area contributed by atoms with Crippen LogP contribution >= 0.6 is 0 Å². The molecule has 0 fully saturated rings.